The predicted molar refractivity (Wildman–Crippen MR) is 80.5 cm³/mol. The van der Waals surface area contributed by atoms with Crippen LogP contribution in [0.4, 0.5) is 0 Å². The molecule has 0 N–H and O–H groups in total. The lowest BCUT2D eigenvalue weighted by Crippen LogP contribution is -2.32. The number of rotatable bonds is 3. The van der Waals surface area contributed by atoms with Crippen LogP contribution < -0.4 is 0 Å². The van der Waals surface area contributed by atoms with Crippen molar-refractivity contribution >= 4 is 26.0 Å². The van der Waals surface area contributed by atoms with E-state index in [1.807, 2.05) is 0 Å². The first-order valence-electron chi connectivity index (χ1n) is 6.79. The van der Waals surface area contributed by atoms with E-state index in [2.05, 4.69) is 22.9 Å². The Morgan fingerprint density at radius 2 is 1.89 bits per heavy atom. The molecule has 3 nitrogen and oxygen atoms in total. The Kier molecular flexibility index (Phi) is 5.03. The number of benzene rings is 1. The Morgan fingerprint density at radius 3 is 2.53 bits per heavy atom. The molecule has 19 heavy (non-hydrogen) atoms. The average Bonchev–Trinajstić information content (AvgIpc) is 2.65. The number of sulfonamides is 1. The molecule has 1 atom stereocenters. The highest BCUT2D eigenvalue weighted by molar-refractivity contribution is 9.10. The summed E-state index contributed by atoms with van der Waals surface area (Å²) in [5.41, 5.74) is 0. The van der Waals surface area contributed by atoms with Crippen molar-refractivity contribution < 1.29 is 8.42 Å². The number of halogens is 1. The highest BCUT2D eigenvalue weighted by Crippen LogP contribution is 2.25. The maximum atomic E-state index is 12.6. The van der Waals surface area contributed by atoms with Crippen molar-refractivity contribution in [2.45, 2.75) is 37.5 Å². The maximum absolute atomic E-state index is 12.6. The Bertz CT molecular complexity index is 513. The van der Waals surface area contributed by atoms with Gasteiger partial charge in [-0.3, -0.25) is 0 Å². The maximum Gasteiger partial charge on any atom is 0.243 e. The normalized spacial score (nSPS) is 22.1. The summed E-state index contributed by atoms with van der Waals surface area (Å²) in [4.78, 5) is 0.394. The van der Waals surface area contributed by atoms with Gasteiger partial charge in [-0.25, -0.2) is 8.42 Å². The summed E-state index contributed by atoms with van der Waals surface area (Å²) < 4.78 is 27.7. The first-order chi connectivity index (χ1) is 9.04. The third kappa shape index (κ3) is 3.58. The van der Waals surface area contributed by atoms with Crippen molar-refractivity contribution in [3.05, 3.63) is 28.7 Å². The predicted octanol–water partition coefficient (Wildman–Crippen LogP) is 3.65. The summed E-state index contributed by atoms with van der Waals surface area (Å²) >= 11 is 3.33. The minimum absolute atomic E-state index is 0.394. The summed E-state index contributed by atoms with van der Waals surface area (Å²) in [7, 11) is -3.32. The van der Waals surface area contributed by atoms with Crippen LogP contribution in [-0.2, 0) is 10.0 Å². The minimum Gasteiger partial charge on any atom is -0.207 e. The van der Waals surface area contributed by atoms with Crippen molar-refractivity contribution in [3.8, 4) is 0 Å². The van der Waals surface area contributed by atoms with Crippen LogP contribution in [0.25, 0.3) is 0 Å². The largest absolute Gasteiger partial charge is 0.243 e. The lowest BCUT2D eigenvalue weighted by atomic mass is 9.98. The topological polar surface area (TPSA) is 37.4 Å². The van der Waals surface area contributed by atoms with E-state index < -0.39 is 10.0 Å². The molecule has 0 bridgehead atoms. The molecule has 1 unspecified atom stereocenters. The van der Waals surface area contributed by atoms with Crippen molar-refractivity contribution in [1.29, 1.82) is 0 Å². The number of hydrogen-bond donors (Lipinski definition) is 0. The van der Waals surface area contributed by atoms with Gasteiger partial charge in [-0.1, -0.05) is 29.3 Å². The standard InChI is InChI=1S/C14H20BrNO2S/c1-2-12-4-3-10-16(11-9-12)19(17,18)14-7-5-13(15)6-8-14/h5-8,12H,2-4,9-11H2,1H3. The molecule has 1 heterocycles. The molecule has 1 aromatic rings. The summed E-state index contributed by atoms with van der Waals surface area (Å²) in [6, 6.07) is 6.89. The molecule has 1 aliphatic rings. The average molecular weight is 346 g/mol. The van der Waals surface area contributed by atoms with Crippen LogP contribution >= 0.6 is 15.9 Å². The van der Waals surface area contributed by atoms with Crippen LogP contribution in [-0.4, -0.2) is 25.8 Å². The van der Waals surface area contributed by atoms with E-state index in [0.717, 1.165) is 30.2 Å². The van der Waals surface area contributed by atoms with Gasteiger partial charge in [0.1, 0.15) is 0 Å². The lowest BCUT2D eigenvalue weighted by molar-refractivity contribution is 0.407. The first-order valence-corrected chi connectivity index (χ1v) is 9.03. The molecule has 0 saturated carbocycles. The third-order valence-corrected chi connectivity index (χ3v) is 6.28. The van der Waals surface area contributed by atoms with Gasteiger partial charge < -0.3 is 0 Å². The first kappa shape index (κ1) is 15.0. The zero-order chi connectivity index (χ0) is 13.9. The SMILES string of the molecule is CCC1CCCN(S(=O)(=O)c2ccc(Br)cc2)CC1. The third-order valence-electron chi connectivity index (χ3n) is 3.84. The van der Waals surface area contributed by atoms with Crippen molar-refractivity contribution in [3.63, 3.8) is 0 Å². The second kappa shape index (κ2) is 6.37. The lowest BCUT2D eigenvalue weighted by Gasteiger charge is -2.20. The van der Waals surface area contributed by atoms with E-state index in [0.29, 0.717) is 23.9 Å². The molecule has 0 radical (unpaired) electrons. The Morgan fingerprint density at radius 1 is 1.21 bits per heavy atom. The van der Waals surface area contributed by atoms with E-state index in [1.165, 1.54) is 0 Å². The molecule has 1 aliphatic heterocycles. The molecular weight excluding hydrogens is 326 g/mol. The molecule has 5 heteroatoms. The van der Waals surface area contributed by atoms with Crippen molar-refractivity contribution in [1.82, 2.24) is 4.31 Å². The fraction of sp³-hybridized carbons (Fsp3) is 0.571. The fourth-order valence-electron chi connectivity index (χ4n) is 2.54. The Labute approximate surface area is 124 Å². The molecule has 106 valence electrons. The molecule has 1 fully saturated rings. The van der Waals surface area contributed by atoms with Gasteiger partial charge in [0.05, 0.1) is 4.90 Å². The zero-order valence-corrected chi connectivity index (χ0v) is 13.6. The second-order valence-corrected chi connectivity index (χ2v) is 7.92. The number of hydrogen-bond acceptors (Lipinski definition) is 2. The van der Waals surface area contributed by atoms with E-state index in [4.69, 9.17) is 0 Å². The summed E-state index contributed by atoms with van der Waals surface area (Å²) in [6.07, 6.45) is 4.23. The van der Waals surface area contributed by atoms with Crippen LogP contribution in [0.3, 0.4) is 0 Å². The fourth-order valence-corrected chi connectivity index (χ4v) is 4.30. The van der Waals surface area contributed by atoms with Gasteiger partial charge in [0.2, 0.25) is 10.0 Å². The van der Waals surface area contributed by atoms with Gasteiger partial charge in [0.15, 0.2) is 0 Å². The van der Waals surface area contributed by atoms with E-state index in [-0.39, 0.29) is 0 Å². The van der Waals surface area contributed by atoms with E-state index in [9.17, 15) is 8.42 Å². The summed E-state index contributed by atoms with van der Waals surface area (Å²) in [6.45, 7) is 3.48. The van der Waals surface area contributed by atoms with Gasteiger partial charge >= 0.3 is 0 Å². The highest BCUT2D eigenvalue weighted by Gasteiger charge is 2.26. The van der Waals surface area contributed by atoms with Crippen molar-refractivity contribution in [2.75, 3.05) is 13.1 Å². The highest BCUT2D eigenvalue weighted by atomic mass is 79.9. The van der Waals surface area contributed by atoms with E-state index >= 15 is 0 Å². The molecule has 0 spiro atoms. The molecule has 0 aromatic heterocycles. The summed E-state index contributed by atoms with van der Waals surface area (Å²) in [5.74, 6) is 0.671. The number of nitrogens with zero attached hydrogens (tertiary/aromatic N) is 1. The quantitative estimate of drug-likeness (QED) is 0.838. The molecule has 1 saturated heterocycles. The van der Waals surface area contributed by atoms with Gasteiger partial charge in [0, 0.05) is 17.6 Å². The minimum atomic E-state index is -3.32. The Hall–Kier alpha value is -0.390. The van der Waals surface area contributed by atoms with Crippen LogP contribution in [0.2, 0.25) is 0 Å². The monoisotopic (exact) mass is 345 g/mol. The van der Waals surface area contributed by atoms with Gasteiger partial charge in [-0.2, -0.15) is 4.31 Å². The summed E-state index contributed by atoms with van der Waals surface area (Å²) in [5, 5.41) is 0. The molecule has 2 rings (SSSR count). The van der Waals surface area contributed by atoms with E-state index in [1.54, 1.807) is 28.6 Å². The van der Waals surface area contributed by atoms with Crippen LogP contribution in [0.15, 0.2) is 33.6 Å². The van der Waals surface area contributed by atoms with Gasteiger partial charge in [-0.05, 0) is 49.4 Å². The zero-order valence-electron chi connectivity index (χ0n) is 11.2. The Balaban J connectivity index is 2.17. The van der Waals surface area contributed by atoms with Gasteiger partial charge in [0.25, 0.3) is 0 Å². The molecule has 0 aliphatic carbocycles. The van der Waals surface area contributed by atoms with Crippen LogP contribution in [0.5, 0.6) is 0 Å². The van der Waals surface area contributed by atoms with Gasteiger partial charge in [-0.15, -0.1) is 0 Å². The van der Waals surface area contributed by atoms with Crippen LogP contribution in [0.1, 0.15) is 32.6 Å². The van der Waals surface area contributed by atoms with Crippen molar-refractivity contribution in [2.24, 2.45) is 5.92 Å². The smallest absolute Gasteiger partial charge is 0.207 e. The molecular formula is C14H20BrNO2S. The molecule has 0 amide bonds. The molecule has 1 aromatic carbocycles. The van der Waals surface area contributed by atoms with Crippen LogP contribution in [0, 0.1) is 5.92 Å². The second-order valence-electron chi connectivity index (χ2n) is 5.06.